The molecule has 9 heteroatoms. The maximum absolute atomic E-state index is 7.14. The van der Waals surface area contributed by atoms with Gasteiger partial charge >= 0.3 is 0 Å². The fraction of sp³-hybridized carbons (Fsp3) is 0.222. The van der Waals surface area contributed by atoms with Gasteiger partial charge in [0.2, 0.25) is 0 Å². The van der Waals surface area contributed by atoms with Gasteiger partial charge in [-0.2, -0.15) is 0 Å². The number of aromatic nitrogens is 2. The number of halogens is 2. The van der Waals surface area contributed by atoms with Gasteiger partial charge in [-0.1, -0.05) is 135 Å². The van der Waals surface area contributed by atoms with Crippen LogP contribution in [-0.2, 0) is 17.4 Å². The first-order chi connectivity index (χ1) is 21.7. The lowest BCUT2D eigenvalue weighted by atomic mass is 10.1. The zero-order chi connectivity index (χ0) is 31.9. The second kappa shape index (κ2) is 14.8. The van der Waals surface area contributed by atoms with Crippen molar-refractivity contribution in [2.45, 2.75) is 43.9 Å². The predicted molar refractivity (Wildman–Crippen MR) is 195 cm³/mol. The van der Waals surface area contributed by atoms with Gasteiger partial charge < -0.3 is 15.1 Å². The Labute approximate surface area is 281 Å². The lowest BCUT2D eigenvalue weighted by Crippen LogP contribution is -2.66. The molecule has 1 heterocycles. The van der Waals surface area contributed by atoms with Crippen molar-refractivity contribution in [1.29, 1.82) is 0 Å². The van der Waals surface area contributed by atoms with Crippen molar-refractivity contribution in [3.05, 3.63) is 130 Å². The van der Waals surface area contributed by atoms with E-state index in [9.17, 15) is 0 Å². The van der Waals surface area contributed by atoms with E-state index in [1.54, 1.807) is 0 Å². The Hall–Kier alpha value is -3.33. The highest BCUT2D eigenvalue weighted by Gasteiger charge is 2.49. The number of thioether (sulfide) groups is 1. The number of benzene rings is 4. The van der Waals surface area contributed by atoms with Crippen molar-refractivity contribution in [1.82, 2.24) is 9.97 Å². The molecule has 5 nitrogen and oxygen atoms in total. The summed E-state index contributed by atoms with van der Waals surface area (Å²) in [6.45, 7) is 7.97. The second-order valence-electron chi connectivity index (χ2n) is 11.8. The van der Waals surface area contributed by atoms with E-state index in [-0.39, 0.29) is 5.04 Å². The summed E-state index contributed by atoms with van der Waals surface area (Å²) in [5.41, 5.74) is 3.70. The minimum absolute atomic E-state index is 0.0697. The van der Waals surface area contributed by atoms with E-state index in [4.69, 9.17) is 32.6 Å². The summed E-state index contributed by atoms with van der Waals surface area (Å²) in [5, 5.41) is 11.2. The largest absolute Gasteiger partial charge is 0.407 e. The maximum Gasteiger partial charge on any atom is 0.261 e. The molecule has 0 saturated carbocycles. The molecule has 45 heavy (non-hydrogen) atoms. The van der Waals surface area contributed by atoms with Gasteiger partial charge in [0.1, 0.15) is 5.82 Å². The third-order valence-corrected chi connectivity index (χ3v) is 14.0. The molecule has 0 spiro atoms. The molecule has 5 rings (SSSR count). The first-order valence-electron chi connectivity index (χ1n) is 14.9. The van der Waals surface area contributed by atoms with Crippen LogP contribution in [0.15, 0.2) is 114 Å². The summed E-state index contributed by atoms with van der Waals surface area (Å²) >= 11 is 14.3. The Bertz CT molecular complexity index is 1660. The highest BCUT2D eigenvalue weighted by atomic mass is 35.5. The molecule has 0 aliphatic rings. The molecule has 232 valence electrons. The van der Waals surface area contributed by atoms with Crippen LogP contribution in [0.4, 0.5) is 17.2 Å². The molecule has 0 amide bonds. The van der Waals surface area contributed by atoms with Crippen molar-refractivity contribution < 1.29 is 4.43 Å². The quantitative estimate of drug-likeness (QED) is 0.0784. The van der Waals surface area contributed by atoms with Crippen LogP contribution in [0, 0.1) is 0 Å². The third kappa shape index (κ3) is 7.73. The van der Waals surface area contributed by atoms with Gasteiger partial charge in [0.25, 0.3) is 8.32 Å². The average Bonchev–Trinajstić information content (AvgIpc) is 3.04. The van der Waals surface area contributed by atoms with Crippen LogP contribution in [0.5, 0.6) is 0 Å². The predicted octanol–water partition coefficient (Wildman–Crippen LogP) is 8.98. The molecule has 0 radical (unpaired) electrons. The number of nitrogens with one attached hydrogen (secondary N) is 2. The van der Waals surface area contributed by atoms with Gasteiger partial charge in [-0.3, -0.25) is 0 Å². The van der Waals surface area contributed by atoms with Crippen molar-refractivity contribution in [2.24, 2.45) is 0 Å². The van der Waals surface area contributed by atoms with Crippen molar-refractivity contribution in [2.75, 3.05) is 23.5 Å². The molecule has 4 aromatic carbocycles. The molecule has 0 aliphatic carbocycles. The Morgan fingerprint density at radius 2 is 1.44 bits per heavy atom. The fourth-order valence-electron chi connectivity index (χ4n) is 5.60. The monoisotopic (exact) mass is 672 g/mol. The zero-order valence-electron chi connectivity index (χ0n) is 26.0. The van der Waals surface area contributed by atoms with Crippen molar-refractivity contribution in [3.8, 4) is 0 Å². The summed E-state index contributed by atoms with van der Waals surface area (Å²) in [7, 11) is -2.60. The van der Waals surface area contributed by atoms with Gasteiger partial charge in [-0.25, -0.2) is 9.97 Å². The minimum Gasteiger partial charge on any atom is -0.407 e. The van der Waals surface area contributed by atoms with Crippen molar-refractivity contribution >= 4 is 70.8 Å². The van der Waals surface area contributed by atoms with Gasteiger partial charge in [0.05, 0.1) is 15.7 Å². The Morgan fingerprint density at radius 3 is 2.04 bits per heavy atom. The normalized spacial score (nSPS) is 11.8. The van der Waals surface area contributed by atoms with Gasteiger partial charge in [0, 0.05) is 30.6 Å². The molecular weight excluding hydrogens is 635 g/mol. The smallest absolute Gasteiger partial charge is 0.261 e. The summed E-state index contributed by atoms with van der Waals surface area (Å²) in [4.78, 5) is 9.28. The summed E-state index contributed by atoms with van der Waals surface area (Å²) in [6.07, 6.45) is 4.58. The third-order valence-electron chi connectivity index (χ3n) is 7.76. The molecule has 5 aromatic rings. The van der Waals surface area contributed by atoms with E-state index < -0.39 is 8.32 Å². The zero-order valence-corrected chi connectivity index (χ0v) is 29.3. The molecule has 0 saturated heterocycles. The number of hydrogen-bond donors (Lipinski definition) is 2. The standard InChI is InChI=1S/C36H38Cl2N4OSSi/c1-36(2,3)45(29-15-7-5-8-16-29,30-17-9-6-10-18-30)43-22-21-26-13-11-14-28(23-26)41-34-27(25-40-35(42-34)44-4)24-39-33-31(37)19-12-20-32(33)38/h5-20,23,25,39H,21-22,24H2,1-4H3,(H,40,41,42). The van der Waals surface area contributed by atoms with E-state index in [0.29, 0.717) is 34.0 Å². The molecular formula is C36H38Cl2N4OSSi. The van der Waals surface area contributed by atoms with E-state index >= 15 is 0 Å². The van der Waals surface area contributed by atoms with E-state index in [0.717, 1.165) is 23.5 Å². The lowest BCUT2D eigenvalue weighted by molar-refractivity contribution is 0.302. The van der Waals surface area contributed by atoms with Gasteiger partial charge in [-0.15, -0.1) is 0 Å². The second-order valence-corrected chi connectivity index (χ2v) is 17.7. The minimum atomic E-state index is -2.60. The van der Waals surface area contributed by atoms with Crippen LogP contribution >= 0.6 is 35.0 Å². The van der Waals surface area contributed by atoms with Crippen LogP contribution in [0.1, 0.15) is 31.9 Å². The molecule has 0 atom stereocenters. The summed E-state index contributed by atoms with van der Waals surface area (Å²) < 4.78 is 7.14. The Balaban J connectivity index is 1.35. The van der Waals surface area contributed by atoms with E-state index in [1.807, 2.05) is 30.7 Å². The molecule has 0 bridgehead atoms. The molecule has 0 aliphatic heterocycles. The van der Waals surface area contributed by atoms with Crippen LogP contribution in [-0.4, -0.2) is 31.1 Å². The van der Waals surface area contributed by atoms with Crippen LogP contribution in [0.2, 0.25) is 15.1 Å². The van der Waals surface area contributed by atoms with Crippen LogP contribution in [0.25, 0.3) is 0 Å². The van der Waals surface area contributed by atoms with Crippen molar-refractivity contribution in [3.63, 3.8) is 0 Å². The fourth-order valence-corrected chi connectivity index (χ4v) is 11.0. The van der Waals surface area contributed by atoms with E-state index in [1.165, 1.54) is 27.7 Å². The number of nitrogens with zero attached hydrogens (tertiary/aromatic N) is 2. The number of para-hydroxylation sites is 1. The Morgan fingerprint density at radius 1 is 0.822 bits per heavy atom. The van der Waals surface area contributed by atoms with Crippen LogP contribution in [0.3, 0.4) is 0 Å². The van der Waals surface area contributed by atoms with Gasteiger partial charge in [0.15, 0.2) is 5.16 Å². The highest BCUT2D eigenvalue weighted by Crippen LogP contribution is 2.37. The molecule has 0 unspecified atom stereocenters. The van der Waals surface area contributed by atoms with E-state index in [2.05, 4.69) is 121 Å². The number of rotatable bonds is 12. The Kier molecular flexibility index (Phi) is 10.9. The first-order valence-corrected chi connectivity index (χ1v) is 18.8. The lowest BCUT2D eigenvalue weighted by Gasteiger charge is -2.43. The summed E-state index contributed by atoms with van der Waals surface area (Å²) in [5.74, 6) is 0.728. The summed E-state index contributed by atoms with van der Waals surface area (Å²) in [6, 6.07) is 35.4. The highest BCUT2D eigenvalue weighted by molar-refractivity contribution is 7.98. The number of anilines is 3. The molecule has 0 fully saturated rings. The SMILES string of the molecule is CSc1ncc(CNc2c(Cl)cccc2Cl)c(Nc2cccc(CCO[Si](c3ccccc3)(c3ccccc3)C(C)(C)C)c2)n1. The molecule has 2 N–H and O–H groups in total. The molecule has 1 aromatic heterocycles. The first kappa shape index (κ1) is 33.0. The van der Waals surface area contributed by atoms with Gasteiger partial charge in [-0.05, 0) is 57.9 Å². The maximum atomic E-state index is 7.14. The topological polar surface area (TPSA) is 59.1 Å². The van der Waals surface area contributed by atoms with Crippen LogP contribution < -0.4 is 21.0 Å². The number of hydrogen-bond acceptors (Lipinski definition) is 6. The average molecular weight is 674 g/mol.